The molecule has 5 nitrogen and oxygen atoms in total. The second-order valence-electron chi connectivity index (χ2n) is 5.09. The van der Waals surface area contributed by atoms with Crippen LogP contribution in [0.25, 0.3) is 0 Å². The Morgan fingerprint density at radius 3 is 2.86 bits per heavy atom. The van der Waals surface area contributed by atoms with E-state index in [0.29, 0.717) is 11.0 Å². The summed E-state index contributed by atoms with van der Waals surface area (Å²) in [4.78, 5) is 10.6. The smallest absolute Gasteiger partial charge is 0.275 e. The minimum atomic E-state index is -0.385. The number of nitrogens with one attached hydrogen (secondary N) is 1. The molecule has 1 fully saturated rings. The number of benzene rings is 1. The standard InChI is InChI=1S/C14H20N2O3S2/c1-10(2)19-13-6-11(5-12(7-13)16(17)18)15-8-14-9-20-3-4-21-14/h5-7,10,14-15H,3-4,8-9H2,1-2H3. The van der Waals surface area contributed by atoms with Crippen molar-refractivity contribution < 1.29 is 9.66 Å². The lowest BCUT2D eigenvalue weighted by Gasteiger charge is -2.21. The first-order valence-electron chi connectivity index (χ1n) is 6.94. The van der Waals surface area contributed by atoms with E-state index in [-0.39, 0.29) is 16.7 Å². The van der Waals surface area contributed by atoms with Gasteiger partial charge in [0.05, 0.1) is 17.1 Å². The normalized spacial score (nSPS) is 18.5. The van der Waals surface area contributed by atoms with E-state index >= 15 is 0 Å². The Bertz CT molecular complexity index is 491. The summed E-state index contributed by atoms with van der Waals surface area (Å²) in [6, 6.07) is 4.86. The van der Waals surface area contributed by atoms with Crippen molar-refractivity contribution in [1.82, 2.24) is 0 Å². The Labute approximate surface area is 133 Å². The molecule has 0 aliphatic carbocycles. The van der Waals surface area contributed by atoms with Crippen LogP contribution < -0.4 is 10.1 Å². The molecule has 0 radical (unpaired) electrons. The molecule has 1 unspecified atom stereocenters. The fourth-order valence-electron chi connectivity index (χ4n) is 2.02. The average Bonchev–Trinajstić information content (AvgIpc) is 2.45. The maximum atomic E-state index is 11.0. The number of nitro benzene ring substituents is 1. The van der Waals surface area contributed by atoms with Gasteiger partial charge in [-0.05, 0) is 13.8 Å². The quantitative estimate of drug-likeness (QED) is 0.635. The molecule has 0 amide bonds. The van der Waals surface area contributed by atoms with Crippen LogP contribution in [0.1, 0.15) is 13.8 Å². The highest BCUT2D eigenvalue weighted by molar-refractivity contribution is 8.06. The summed E-state index contributed by atoms with van der Waals surface area (Å²) in [5.74, 6) is 4.05. The molecule has 2 rings (SSSR count). The van der Waals surface area contributed by atoms with Crippen molar-refractivity contribution in [1.29, 1.82) is 0 Å². The topological polar surface area (TPSA) is 64.4 Å². The molecule has 1 heterocycles. The van der Waals surface area contributed by atoms with Crippen LogP contribution in [0, 0.1) is 10.1 Å². The number of rotatable bonds is 6. The van der Waals surface area contributed by atoms with Crippen LogP contribution in [0.4, 0.5) is 11.4 Å². The van der Waals surface area contributed by atoms with Gasteiger partial charge in [0.2, 0.25) is 0 Å². The van der Waals surface area contributed by atoms with Gasteiger partial charge in [-0.25, -0.2) is 0 Å². The van der Waals surface area contributed by atoms with Gasteiger partial charge in [-0.3, -0.25) is 10.1 Å². The lowest BCUT2D eigenvalue weighted by molar-refractivity contribution is -0.384. The van der Waals surface area contributed by atoms with Crippen molar-refractivity contribution in [2.45, 2.75) is 25.2 Å². The Hall–Kier alpha value is -1.08. The second-order valence-corrected chi connectivity index (χ2v) is 7.65. The van der Waals surface area contributed by atoms with Gasteiger partial charge < -0.3 is 10.1 Å². The SMILES string of the molecule is CC(C)Oc1cc(NCC2CSCCS2)cc([N+](=O)[O-])c1. The molecule has 0 spiro atoms. The fraction of sp³-hybridized carbons (Fsp3) is 0.571. The van der Waals surface area contributed by atoms with Crippen LogP contribution in [0.15, 0.2) is 18.2 Å². The summed E-state index contributed by atoms with van der Waals surface area (Å²) >= 11 is 3.92. The molecule has 1 aromatic carbocycles. The van der Waals surface area contributed by atoms with Crippen molar-refractivity contribution in [3.63, 3.8) is 0 Å². The van der Waals surface area contributed by atoms with Crippen LogP contribution in [-0.2, 0) is 0 Å². The summed E-state index contributed by atoms with van der Waals surface area (Å²) in [6.45, 7) is 4.63. The molecule has 1 aliphatic heterocycles. The minimum Gasteiger partial charge on any atom is -0.491 e. The number of thioether (sulfide) groups is 2. The zero-order valence-corrected chi connectivity index (χ0v) is 13.8. The molecular weight excluding hydrogens is 308 g/mol. The maximum absolute atomic E-state index is 11.0. The van der Waals surface area contributed by atoms with E-state index in [9.17, 15) is 10.1 Å². The highest BCUT2D eigenvalue weighted by Crippen LogP contribution is 2.28. The molecule has 0 bridgehead atoms. The molecule has 116 valence electrons. The molecule has 0 aromatic heterocycles. The number of anilines is 1. The van der Waals surface area contributed by atoms with E-state index in [1.165, 1.54) is 17.6 Å². The van der Waals surface area contributed by atoms with Crippen molar-refractivity contribution in [2.24, 2.45) is 0 Å². The van der Waals surface area contributed by atoms with Crippen LogP contribution in [0.5, 0.6) is 5.75 Å². The van der Waals surface area contributed by atoms with Gasteiger partial charge in [0.15, 0.2) is 0 Å². The van der Waals surface area contributed by atoms with Crippen LogP contribution in [-0.4, -0.2) is 40.1 Å². The molecule has 1 aliphatic rings. The molecule has 1 atom stereocenters. The number of ether oxygens (including phenoxy) is 1. The van der Waals surface area contributed by atoms with Gasteiger partial charge in [-0.1, -0.05) is 0 Å². The van der Waals surface area contributed by atoms with Crippen molar-refractivity contribution in [3.05, 3.63) is 28.3 Å². The summed E-state index contributed by atoms with van der Waals surface area (Å²) in [5.41, 5.74) is 0.803. The number of nitro groups is 1. The highest BCUT2D eigenvalue weighted by Gasteiger charge is 2.16. The second kappa shape index (κ2) is 7.79. The van der Waals surface area contributed by atoms with E-state index in [2.05, 4.69) is 5.32 Å². The van der Waals surface area contributed by atoms with Crippen molar-refractivity contribution in [2.75, 3.05) is 29.1 Å². The first kappa shape index (κ1) is 16.3. The van der Waals surface area contributed by atoms with E-state index in [1.807, 2.05) is 43.4 Å². The van der Waals surface area contributed by atoms with Crippen molar-refractivity contribution >= 4 is 34.9 Å². The highest BCUT2D eigenvalue weighted by atomic mass is 32.2. The lowest BCUT2D eigenvalue weighted by Crippen LogP contribution is -2.23. The molecule has 1 aromatic rings. The van der Waals surface area contributed by atoms with Gasteiger partial charge in [-0.2, -0.15) is 23.5 Å². The Balaban J connectivity index is 2.05. The zero-order valence-electron chi connectivity index (χ0n) is 12.2. The third-order valence-electron chi connectivity index (χ3n) is 2.89. The van der Waals surface area contributed by atoms with Crippen LogP contribution >= 0.6 is 23.5 Å². The van der Waals surface area contributed by atoms with Gasteiger partial charge in [0.1, 0.15) is 5.75 Å². The molecular formula is C14H20N2O3S2. The summed E-state index contributed by atoms with van der Waals surface area (Å²) < 4.78 is 5.58. The van der Waals surface area contributed by atoms with E-state index < -0.39 is 0 Å². The monoisotopic (exact) mass is 328 g/mol. The first-order valence-corrected chi connectivity index (χ1v) is 9.14. The Morgan fingerprint density at radius 2 is 2.24 bits per heavy atom. The van der Waals surface area contributed by atoms with Gasteiger partial charge in [0, 0.05) is 46.9 Å². The summed E-state index contributed by atoms with van der Waals surface area (Å²) in [6.07, 6.45) is -0.00912. The summed E-state index contributed by atoms with van der Waals surface area (Å²) in [7, 11) is 0. The van der Waals surface area contributed by atoms with Gasteiger partial charge >= 0.3 is 0 Å². The summed E-state index contributed by atoms with van der Waals surface area (Å²) in [5, 5.41) is 14.9. The first-order chi connectivity index (χ1) is 10.0. The average molecular weight is 328 g/mol. The molecule has 21 heavy (non-hydrogen) atoms. The minimum absolute atomic E-state index is 0.00912. The molecule has 7 heteroatoms. The van der Waals surface area contributed by atoms with Crippen LogP contribution in [0.3, 0.4) is 0 Å². The number of non-ortho nitro benzene ring substituents is 1. The number of hydrogen-bond acceptors (Lipinski definition) is 6. The molecule has 1 N–H and O–H groups in total. The maximum Gasteiger partial charge on any atom is 0.275 e. The van der Waals surface area contributed by atoms with E-state index in [0.717, 1.165) is 18.0 Å². The lowest BCUT2D eigenvalue weighted by atomic mass is 10.2. The molecule has 1 saturated heterocycles. The largest absolute Gasteiger partial charge is 0.491 e. The number of hydrogen-bond donors (Lipinski definition) is 1. The predicted octanol–water partition coefficient (Wildman–Crippen LogP) is 3.64. The molecule has 0 saturated carbocycles. The Morgan fingerprint density at radius 1 is 1.43 bits per heavy atom. The third-order valence-corrected chi connectivity index (χ3v) is 5.74. The van der Waals surface area contributed by atoms with Crippen LogP contribution in [0.2, 0.25) is 0 Å². The van der Waals surface area contributed by atoms with Crippen molar-refractivity contribution in [3.8, 4) is 5.75 Å². The zero-order chi connectivity index (χ0) is 15.2. The number of nitrogens with zero attached hydrogens (tertiary/aromatic N) is 1. The van der Waals surface area contributed by atoms with E-state index in [1.54, 1.807) is 6.07 Å². The van der Waals surface area contributed by atoms with Gasteiger partial charge in [-0.15, -0.1) is 0 Å². The fourth-order valence-corrected chi connectivity index (χ4v) is 4.63. The van der Waals surface area contributed by atoms with Gasteiger partial charge in [0.25, 0.3) is 5.69 Å². The van der Waals surface area contributed by atoms with E-state index in [4.69, 9.17) is 4.74 Å². The third kappa shape index (κ3) is 5.32. The Kier molecular flexibility index (Phi) is 6.05. The predicted molar refractivity (Wildman–Crippen MR) is 90.9 cm³/mol.